The molecule has 0 radical (unpaired) electrons. The van der Waals surface area contributed by atoms with Gasteiger partial charge in [-0.2, -0.15) is 0 Å². The molecule has 0 aliphatic carbocycles. The summed E-state index contributed by atoms with van der Waals surface area (Å²) in [6, 6.07) is 9.54. The molecule has 0 amide bonds. The summed E-state index contributed by atoms with van der Waals surface area (Å²) in [5, 5.41) is 8.62. The van der Waals surface area contributed by atoms with Crippen molar-refractivity contribution in [2.45, 2.75) is 11.8 Å². The number of allylic oxidation sites excluding steroid dienone is 1. The summed E-state index contributed by atoms with van der Waals surface area (Å²) in [4.78, 5) is 22.9. The summed E-state index contributed by atoms with van der Waals surface area (Å²) in [5.74, 6) is -1.43. The quantitative estimate of drug-likeness (QED) is 0.455. The van der Waals surface area contributed by atoms with Gasteiger partial charge in [-0.1, -0.05) is 12.1 Å². The Balaban J connectivity index is 2.11. The Morgan fingerprint density at radius 2 is 2.00 bits per heavy atom. The summed E-state index contributed by atoms with van der Waals surface area (Å²) in [7, 11) is 1.59. The third-order valence-electron chi connectivity index (χ3n) is 3.41. The minimum atomic E-state index is -1.03. The number of carboxylic acids is 1. The molecular formula is C19H17FO4S. The van der Waals surface area contributed by atoms with Crippen LogP contribution < -0.4 is 4.74 Å². The van der Waals surface area contributed by atoms with Crippen molar-refractivity contribution in [1.82, 2.24) is 0 Å². The molecule has 0 spiro atoms. The smallest absolute Gasteiger partial charge is 0.313 e. The number of hydrogen-bond acceptors (Lipinski definition) is 4. The van der Waals surface area contributed by atoms with E-state index < -0.39 is 11.8 Å². The highest BCUT2D eigenvalue weighted by Gasteiger charge is 2.10. The van der Waals surface area contributed by atoms with E-state index >= 15 is 0 Å². The molecule has 6 heteroatoms. The maximum atomic E-state index is 14.0. The van der Waals surface area contributed by atoms with E-state index in [1.807, 2.05) is 25.1 Å². The molecule has 0 heterocycles. The molecule has 0 bridgehead atoms. The monoisotopic (exact) mass is 360 g/mol. The molecule has 25 heavy (non-hydrogen) atoms. The van der Waals surface area contributed by atoms with Gasteiger partial charge in [0.1, 0.15) is 11.6 Å². The van der Waals surface area contributed by atoms with Crippen molar-refractivity contribution < 1.29 is 23.8 Å². The van der Waals surface area contributed by atoms with E-state index in [2.05, 4.69) is 0 Å². The van der Waals surface area contributed by atoms with Gasteiger partial charge < -0.3 is 9.84 Å². The molecular weight excluding hydrogens is 343 g/mol. The summed E-state index contributed by atoms with van der Waals surface area (Å²) < 4.78 is 19.1. The van der Waals surface area contributed by atoms with Crippen molar-refractivity contribution in [1.29, 1.82) is 0 Å². The van der Waals surface area contributed by atoms with Crippen LogP contribution in [-0.2, 0) is 4.79 Å². The van der Waals surface area contributed by atoms with Gasteiger partial charge in [-0.3, -0.25) is 9.59 Å². The van der Waals surface area contributed by atoms with Crippen LogP contribution >= 0.6 is 11.8 Å². The fourth-order valence-corrected chi connectivity index (χ4v) is 2.82. The van der Waals surface area contributed by atoms with Gasteiger partial charge in [-0.15, -0.1) is 11.8 Å². The van der Waals surface area contributed by atoms with E-state index in [0.29, 0.717) is 0 Å². The number of halogens is 1. The number of aryl methyl sites for hydroxylation is 1. The molecule has 2 aromatic rings. The number of ketones is 1. The molecule has 0 aliphatic rings. The predicted molar refractivity (Wildman–Crippen MR) is 95.9 cm³/mol. The van der Waals surface area contributed by atoms with Crippen LogP contribution in [0.25, 0.3) is 6.08 Å². The van der Waals surface area contributed by atoms with Gasteiger partial charge in [0.25, 0.3) is 0 Å². The topological polar surface area (TPSA) is 63.6 Å². The van der Waals surface area contributed by atoms with Crippen molar-refractivity contribution in [3.05, 3.63) is 65.0 Å². The molecule has 2 rings (SSSR count). The highest BCUT2D eigenvalue weighted by atomic mass is 32.2. The van der Waals surface area contributed by atoms with Gasteiger partial charge in [-0.05, 0) is 54.5 Å². The van der Waals surface area contributed by atoms with Gasteiger partial charge in [0.15, 0.2) is 5.78 Å². The number of methoxy groups -OCH3 is 1. The molecule has 0 saturated heterocycles. The molecule has 0 aromatic heterocycles. The first-order chi connectivity index (χ1) is 11.9. The Morgan fingerprint density at radius 3 is 2.60 bits per heavy atom. The second-order valence-corrected chi connectivity index (χ2v) is 6.27. The average molecular weight is 360 g/mol. The van der Waals surface area contributed by atoms with Crippen LogP contribution in [0.2, 0.25) is 0 Å². The SMILES string of the molecule is COc1ccc(/C=C/C(=O)c2ccc(SCC(=O)O)c(F)c2)cc1C. The lowest BCUT2D eigenvalue weighted by molar-refractivity contribution is -0.133. The lowest BCUT2D eigenvalue weighted by atomic mass is 10.1. The lowest BCUT2D eigenvalue weighted by Gasteiger charge is -2.05. The predicted octanol–water partition coefficient (Wildman–Crippen LogP) is 4.22. The van der Waals surface area contributed by atoms with Crippen molar-refractivity contribution in [2.75, 3.05) is 12.9 Å². The third-order valence-corrected chi connectivity index (χ3v) is 4.45. The molecule has 1 N–H and O–H groups in total. The van der Waals surface area contributed by atoms with E-state index in [1.54, 1.807) is 13.2 Å². The molecule has 0 unspecified atom stereocenters. The Kier molecular flexibility index (Phi) is 6.36. The first kappa shape index (κ1) is 18.7. The summed E-state index contributed by atoms with van der Waals surface area (Å²) >= 11 is 0.875. The van der Waals surface area contributed by atoms with Gasteiger partial charge in [-0.25, -0.2) is 4.39 Å². The zero-order valence-electron chi connectivity index (χ0n) is 13.8. The Morgan fingerprint density at radius 1 is 1.24 bits per heavy atom. The van der Waals surface area contributed by atoms with Crippen LogP contribution in [0.5, 0.6) is 5.75 Å². The molecule has 130 valence electrons. The number of thioether (sulfide) groups is 1. The van der Waals surface area contributed by atoms with E-state index in [-0.39, 0.29) is 22.0 Å². The summed E-state index contributed by atoms with van der Waals surface area (Å²) in [5.41, 5.74) is 1.99. The first-order valence-corrected chi connectivity index (χ1v) is 8.40. The average Bonchev–Trinajstić information content (AvgIpc) is 2.58. The Bertz CT molecular complexity index is 830. The molecule has 0 fully saturated rings. The van der Waals surface area contributed by atoms with E-state index in [0.717, 1.165) is 34.7 Å². The number of aliphatic carboxylic acids is 1. The molecule has 0 atom stereocenters. The van der Waals surface area contributed by atoms with Crippen LogP contribution in [-0.4, -0.2) is 29.7 Å². The van der Waals surface area contributed by atoms with Crippen LogP contribution in [0.4, 0.5) is 4.39 Å². The number of rotatable bonds is 7. The van der Waals surface area contributed by atoms with Gasteiger partial charge in [0.05, 0.1) is 12.9 Å². The van der Waals surface area contributed by atoms with Crippen LogP contribution in [0.15, 0.2) is 47.4 Å². The van der Waals surface area contributed by atoms with Crippen molar-refractivity contribution in [3.8, 4) is 5.75 Å². The Labute approximate surface area is 149 Å². The molecule has 0 aliphatic heterocycles. The molecule has 2 aromatic carbocycles. The number of carboxylic acid groups (broad SMARTS) is 1. The summed E-state index contributed by atoms with van der Waals surface area (Å²) in [6.45, 7) is 1.90. The van der Waals surface area contributed by atoms with Crippen LogP contribution in [0, 0.1) is 12.7 Å². The molecule has 4 nitrogen and oxygen atoms in total. The van der Waals surface area contributed by atoms with Gasteiger partial charge >= 0.3 is 5.97 Å². The van der Waals surface area contributed by atoms with E-state index in [1.165, 1.54) is 18.2 Å². The normalized spacial score (nSPS) is 10.8. The number of benzene rings is 2. The van der Waals surface area contributed by atoms with Crippen molar-refractivity contribution in [3.63, 3.8) is 0 Å². The van der Waals surface area contributed by atoms with Crippen molar-refractivity contribution in [2.24, 2.45) is 0 Å². The minimum Gasteiger partial charge on any atom is -0.496 e. The Hall–Kier alpha value is -2.60. The summed E-state index contributed by atoms with van der Waals surface area (Å²) in [6.07, 6.45) is 3.03. The van der Waals surface area contributed by atoms with Gasteiger partial charge in [0.2, 0.25) is 0 Å². The molecule has 0 saturated carbocycles. The number of ether oxygens (including phenoxy) is 1. The second kappa shape index (κ2) is 8.48. The van der Waals surface area contributed by atoms with Crippen molar-refractivity contribution >= 4 is 29.6 Å². The number of carbonyl (C=O) groups is 2. The highest BCUT2D eigenvalue weighted by Crippen LogP contribution is 2.23. The zero-order valence-corrected chi connectivity index (χ0v) is 14.6. The minimum absolute atomic E-state index is 0.203. The standard InChI is InChI=1S/C19H17FO4S/c1-12-9-13(4-7-17(12)24-2)3-6-16(21)14-5-8-18(15(20)10-14)25-11-19(22)23/h3-10H,11H2,1-2H3,(H,22,23)/b6-3+. The van der Waals surface area contributed by atoms with E-state index in [9.17, 15) is 14.0 Å². The third kappa shape index (κ3) is 5.19. The zero-order chi connectivity index (χ0) is 18.4. The van der Waals surface area contributed by atoms with Crippen LogP contribution in [0.1, 0.15) is 21.5 Å². The maximum absolute atomic E-state index is 14.0. The largest absolute Gasteiger partial charge is 0.496 e. The number of hydrogen-bond donors (Lipinski definition) is 1. The number of carbonyl (C=O) groups excluding carboxylic acids is 1. The second-order valence-electron chi connectivity index (χ2n) is 5.25. The fraction of sp³-hybridized carbons (Fsp3) is 0.158. The first-order valence-electron chi connectivity index (χ1n) is 7.42. The van der Waals surface area contributed by atoms with E-state index in [4.69, 9.17) is 9.84 Å². The van der Waals surface area contributed by atoms with Crippen LogP contribution in [0.3, 0.4) is 0 Å². The fourth-order valence-electron chi connectivity index (χ4n) is 2.18. The highest BCUT2D eigenvalue weighted by molar-refractivity contribution is 8.00. The van der Waals surface area contributed by atoms with Gasteiger partial charge in [0, 0.05) is 10.5 Å². The lowest BCUT2D eigenvalue weighted by Crippen LogP contribution is -2.00. The maximum Gasteiger partial charge on any atom is 0.313 e.